The van der Waals surface area contributed by atoms with Crippen molar-refractivity contribution < 1.29 is 18.7 Å². The fourth-order valence-corrected chi connectivity index (χ4v) is 2.38. The molecular weight excluding hydrogens is 323 g/mol. The summed E-state index contributed by atoms with van der Waals surface area (Å²) in [6.45, 7) is 1.60. The molecule has 0 aliphatic carbocycles. The molecule has 2 rings (SSSR count). The van der Waals surface area contributed by atoms with Gasteiger partial charge in [0.05, 0.1) is 7.11 Å². The summed E-state index contributed by atoms with van der Waals surface area (Å²) in [6.07, 6.45) is 0.390. The summed E-state index contributed by atoms with van der Waals surface area (Å²) in [5, 5.41) is 2.71. The van der Waals surface area contributed by atoms with Crippen LogP contribution in [0.4, 0.5) is 10.1 Å². The Kier molecular flexibility index (Phi) is 6.51. The van der Waals surface area contributed by atoms with Crippen molar-refractivity contribution in [2.24, 2.45) is 0 Å². The number of carbonyl (C=O) groups excluding carboxylic acids is 2. The Morgan fingerprint density at radius 2 is 1.80 bits per heavy atom. The first-order valence-electron chi connectivity index (χ1n) is 7.93. The Morgan fingerprint density at radius 3 is 2.40 bits per heavy atom. The summed E-state index contributed by atoms with van der Waals surface area (Å²) in [4.78, 5) is 25.3. The first-order chi connectivity index (χ1) is 12.0. The summed E-state index contributed by atoms with van der Waals surface area (Å²) in [6, 6.07) is 13.3. The van der Waals surface area contributed by atoms with Crippen LogP contribution < -0.4 is 15.0 Å². The van der Waals surface area contributed by atoms with Gasteiger partial charge in [-0.1, -0.05) is 18.2 Å². The number of halogens is 1. The Labute approximate surface area is 146 Å². The van der Waals surface area contributed by atoms with Crippen LogP contribution in [0.15, 0.2) is 48.5 Å². The molecule has 0 unspecified atom stereocenters. The minimum Gasteiger partial charge on any atom is -0.497 e. The Balaban J connectivity index is 1.91. The van der Waals surface area contributed by atoms with Gasteiger partial charge in [-0.25, -0.2) is 4.39 Å². The van der Waals surface area contributed by atoms with E-state index in [1.807, 2.05) is 0 Å². The third-order valence-corrected chi connectivity index (χ3v) is 3.74. The van der Waals surface area contributed by atoms with Gasteiger partial charge in [0.15, 0.2) is 0 Å². The Hall–Kier alpha value is -2.89. The average molecular weight is 344 g/mol. The molecule has 2 aromatic carbocycles. The molecule has 5 nitrogen and oxygen atoms in total. The van der Waals surface area contributed by atoms with Gasteiger partial charge in [0.1, 0.15) is 18.1 Å². The van der Waals surface area contributed by atoms with Crippen LogP contribution in [0.1, 0.15) is 12.5 Å². The van der Waals surface area contributed by atoms with E-state index in [0.717, 1.165) is 0 Å². The van der Waals surface area contributed by atoms with Gasteiger partial charge >= 0.3 is 0 Å². The normalized spacial score (nSPS) is 10.2. The maximum atomic E-state index is 13.5. The molecule has 0 spiro atoms. The zero-order valence-corrected chi connectivity index (χ0v) is 14.3. The van der Waals surface area contributed by atoms with Crippen LogP contribution in [0, 0.1) is 5.82 Å². The minimum absolute atomic E-state index is 0.0983. The molecular formula is C19H21FN2O3. The molecule has 0 saturated carbocycles. The Morgan fingerprint density at radius 1 is 1.12 bits per heavy atom. The van der Waals surface area contributed by atoms with Crippen molar-refractivity contribution in [3.63, 3.8) is 0 Å². The molecule has 2 aromatic rings. The monoisotopic (exact) mass is 344 g/mol. The molecule has 0 aromatic heterocycles. The quantitative estimate of drug-likeness (QED) is 0.840. The van der Waals surface area contributed by atoms with Crippen molar-refractivity contribution in [1.82, 2.24) is 5.32 Å². The van der Waals surface area contributed by atoms with E-state index in [1.165, 1.54) is 17.9 Å². The van der Waals surface area contributed by atoms with E-state index in [9.17, 15) is 14.0 Å². The van der Waals surface area contributed by atoms with Gasteiger partial charge in [0.2, 0.25) is 11.8 Å². The maximum absolute atomic E-state index is 13.5. The number of nitrogens with one attached hydrogen (secondary N) is 1. The van der Waals surface area contributed by atoms with E-state index < -0.39 is 0 Å². The van der Waals surface area contributed by atoms with Gasteiger partial charge in [0.25, 0.3) is 0 Å². The van der Waals surface area contributed by atoms with Crippen LogP contribution in [-0.4, -0.2) is 32.0 Å². The third kappa shape index (κ3) is 5.31. The smallest absolute Gasteiger partial charge is 0.240 e. The van der Waals surface area contributed by atoms with Gasteiger partial charge < -0.3 is 15.0 Å². The number of methoxy groups -OCH3 is 1. The van der Waals surface area contributed by atoms with Crippen LogP contribution in [0.3, 0.4) is 0 Å². The molecule has 0 saturated heterocycles. The molecule has 0 radical (unpaired) electrons. The van der Waals surface area contributed by atoms with Crippen molar-refractivity contribution in [1.29, 1.82) is 0 Å². The zero-order chi connectivity index (χ0) is 18.2. The molecule has 0 heterocycles. The number of amides is 2. The molecule has 132 valence electrons. The van der Waals surface area contributed by atoms with Crippen molar-refractivity contribution in [3.8, 4) is 5.75 Å². The van der Waals surface area contributed by atoms with Gasteiger partial charge in [-0.3, -0.25) is 9.59 Å². The fourth-order valence-electron chi connectivity index (χ4n) is 2.38. The molecule has 0 bridgehead atoms. The SMILES string of the molecule is COc1ccc(N(CC(=O)NCCc2ccccc2F)C(C)=O)cc1. The summed E-state index contributed by atoms with van der Waals surface area (Å²) < 4.78 is 18.6. The van der Waals surface area contributed by atoms with Crippen LogP contribution in [0.5, 0.6) is 5.75 Å². The molecule has 0 atom stereocenters. The number of ether oxygens (including phenoxy) is 1. The molecule has 0 aliphatic heterocycles. The molecule has 25 heavy (non-hydrogen) atoms. The van der Waals surface area contributed by atoms with E-state index in [4.69, 9.17) is 4.74 Å². The van der Waals surface area contributed by atoms with E-state index in [2.05, 4.69) is 5.32 Å². The minimum atomic E-state index is -0.303. The van der Waals surface area contributed by atoms with Gasteiger partial charge in [-0.05, 0) is 42.3 Å². The summed E-state index contributed by atoms with van der Waals surface area (Å²) >= 11 is 0. The highest BCUT2D eigenvalue weighted by Crippen LogP contribution is 2.19. The number of benzene rings is 2. The van der Waals surface area contributed by atoms with Crippen LogP contribution in [-0.2, 0) is 16.0 Å². The maximum Gasteiger partial charge on any atom is 0.240 e. The molecule has 1 N–H and O–H groups in total. The van der Waals surface area contributed by atoms with Crippen molar-refractivity contribution in [2.45, 2.75) is 13.3 Å². The first-order valence-corrected chi connectivity index (χ1v) is 7.93. The second-order valence-corrected chi connectivity index (χ2v) is 5.49. The summed E-state index contributed by atoms with van der Waals surface area (Å²) in [5.41, 5.74) is 1.15. The van der Waals surface area contributed by atoms with Crippen molar-refractivity contribution in [2.75, 3.05) is 25.1 Å². The molecule has 6 heteroatoms. The lowest BCUT2D eigenvalue weighted by molar-refractivity contribution is -0.123. The number of nitrogens with zero attached hydrogens (tertiary/aromatic N) is 1. The second kappa shape index (κ2) is 8.82. The van der Waals surface area contributed by atoms with E-state index >= 15 is 0 Å². The highest BCUT2D eigenvalue weighted by molar-refractivity contribution is 5.97. The predicted octanol–water partition coefficient (Wildman–Crippen LogP) is 2.55. The standard InChI is InChI=1S/C19H21FN2O3/c1-14(23)22(16-7-9-17(25-2)10-8-16)13-19(24)21-12-11-15-5-3-4-6-18(15)20/h3-10H,11-13H2,1-2H3,(H,21,24). The van der Waals surface area contributed by atoms with Gasteiger partial charge in [-0.2, -0.15) is 0 Å². The molecule has 0 aliphatic rings. The summed E-state index contributed by atoms with van der Waals surface area (Å²) in [7, 11) is 1.56. The molecule has 2 amide bonds. The molecule has 0 fully saturated rings. The highest BCUT2D eigenvalue weighted by Gasteiger charge is 2.15. The van der Waals surface area contributed by atoms with E-state index in [-0.39, 0.29) is 24.2 Å². The van der Waals surface area contributed by atoms with Crippen molar-refractivity contribution in [3.05, 3.63) is 59.9 Å². The van der Waals surface area contributed by atoms with E-state index in [0.29, 0.717) is 30.0 Å². The topological polar surface area (TPSA) is 58.6 Å². The average Bonchev–Trinajstić information content (AvgIpc) is 2.61. The predicted molar refractivity (Wildman–Crippen MR) is 94.1 cm³/mol. The van der Waals surface area contributed by atoms with Gasteiger partial charge in [-0.15, -0.1) is 0 Å². The lowest BCUT2D eigenvalue weighted by Gasteiger charge is -2.21. The summed E-state index contributed by atoms with van der Waals surface area (Å²) in [5.74, 6) is -0.168. The number of hydrogen-bond donors (Lipinski definition) is 1. The zero-order valence-electron chi connectivity index (χ0n) is 14.3. The highest BCUT2D eigenvalue weighted by atomic mass is 19.1. The van der Waals surface area contributed by atoms with E-state index in [1.54, 1.807) is 49.6 Å². The van der Waals surface area contributed by atoms with Crippen LogP contribution >= 0.6 is 0 Å². The number of hydrogen-bond acceptors (Lipinski definition) is 3. The van der Waals surface area contributed by atoms with Gasteiger partial charge in [0, 0.05) is 19.2 Å². The fraction of sp³-hybridized carbons (Fsp3) is 0.263. The largest absolute Gasteiger partial charge is 0.497 e. The third-order valence-electron chi connectivity index (χ3n) is 3.74. The van der Waals surface area contributed by atoms with Crippen LogP contribution in [0.25, 0.3) is 0 Å². The lowest BCUT2D eigenvalue weighted by Crippen LogP contribution is -2.40. The number of carbonyl (C=O) groups is 2. The van der Waals surface area contributed by atoms with Crippen LogP contribution in [0.2, 0.25) is 0 Å². The Bertz CT molecular complexity index is 732. The van der Waals surface area contributed by atoms with Crippen molar-refractivity contribution >= 4 is 17.5 Å². The second-order valence-electron chi connectivity index (χ2n) is 5.49. The number of rotatable bonds is 7. The number of anilines is 1. The lowest BCUT2D eigenvalue weighted by atomic mass is 10.1. The first kappa shape index (κ1) is 18.4.